The van der Waals surface area contributed by atoms with Crippen LogP contribution in [-0.4, -0.2) is 92.9 Å². The van der Waals surface area contributed by atoms with E-state index in [-0.39, 0.29) is 25.7 Å². The summed E-state index contributed by atoms with van der Waals surface area (Å²) >= 11 is 0. The Balaban J connectivity index is 1.09. The predicted octanol–water partition coefficient (Wildman–Crippen LogP) is 10.5. The van der Waals surface area contributed by atoms with Crippen LogP contribution in [-0.2, 0) is 85.2 Å². The zero-order valence-electron chi connectivity index (χ0n) is 41.1. The molecule has 0 spiro atoms. The van der Waals surface area contributed by atoms with E-state index in [0.717, 1.165) is 27.8 Å². The molecule has 3 aliphatic rings. The molecule has 0 aromatic heterocycles. The van der Waals surface area contributed by atoms with Crippen LogP contribution >= 0.6 is 0 Å². The molecule has 376 valence electrons. The Labute approximate surface area is 420 Å². The van der Waals surface area contributed by atoms with Crippen molar-refractivity contribution in [2.45, 2.75) is 139 Å². The smallest absolute Gasteiger partial charge is 0.308 e. The van der Waals surface area contributed by atoms with Crippen molar-refractivity contribution >= 4 is 5.97 Å². The number of hydrogen-bond donors (Lipinski definition) is 0. The summed E-state index contributed by atoms with van der Waals surface area (Å²) < 4.78 is 67.4. The van der Waals surface area contributed by atoms with E-state index in [2.05, 4.69) is 31.7 Å². The summed E-state index contributed by atoms with van der Waals surface area (Å²) in [6.45, 7) is 8.69. The quantitative estimate of drug-likeness (QED) is 0.0461. The zero-order chi connectivity index (χ0) is 49.1. The van der Waals surface area contributed by atoms with E-state index in [9.17, 15) is 4.79 Å². The van der Waals surface area contributed by atoms with E-state index < -0.39 is 66.5 Å². The molecule has 0 saturated carbocycles. The number of ether oxygens (including phenoxy) is 10. The number of esters is 1. The molecule has 5 aromatic carbocycles. The molecule has 11 heteroatoms. The molecule has 0 bridgehead atoms. The molecular formula is C60H70O11. The Kier molecular flexibility index (Phi) is 19.7. The summed E-state index contributed by atoms with van der Waals surface area (Å²) in [6.07, 6.45) is 2.37. The molecule has 3 heterocycles. The van der Waals surface area contributed by atoms with Gasteiger partial charge in [-0.15, -0.1) is 6.58 Å². The van der Waals surface area contributed by atoms with E-state index in [1.54, 1.807) is 0 Å². The van der Waals surface area contributed by atoms with Gasteiger partial charge in [0.2, 0.25) is 0 Å². The maximum atomic E-state index is 13.4. The number of benzene rings is 5. The van der Waals surface area contributed by atoms with Gasteiger partial charge in [-0.3, -0.25) is 4.79 Å². The maximum Gasteiger partial charge on any atom is 0.308 e. The highest BCUT2D eigenvalue weighted by Crippen LogP contribution is 2.44. The summed E-state index contributed by atoms with van der Waals surface area (Å²) in [5, 5.41) is 0. The molecule has 71 heavy (non-hydrogen) atoms. The van der Waals surface area contributed by atoms with Gasteiger partial charge in [-0.2, -0.15) is 0 Å². The Morgan fingerprint density at radius 3 is 1.61 bits per heavy atom. The monoisotopic (exact) mass is 966 g/mol. The summed E-state index contributed by atoms with van der Waals surface area (Å²) in [4.78, 5) is 13.4. The highest BCUT2D eigenvalue weighted by molar-refractivity contribution is 5.69. The van der Waals surface area contributed by atoms with E-state index in [4.69, 9.17) is 47.4 Å². The van der Waals surface area contributed by atoms with Gasteiger partial charge in [0, 0.05) is 12.8 Å². The van der Waals surface area contributed by atoms with Gasteiger partial charge >= 0.3 is 5.97 Å². The van der Waals surface area contributed by atoms with Gasteiger partial charge in [0.1, 0.15) is 23.9 Å². The lowest BCUT2D eigenvalue weighted by molar-refractivity contribution is -0.284. The standard InChI is InChI=1S/C60H70O11/c1-4-21-50-51(33-20-32-49(65-39-46-26-14-7-15-27-46)55(69-50)42-63-37-44-22-10-5-11-23-44)68-53-35-57(67-41-48-30-18-9-19-31-48)60(2)58(70-54(53)36-59(61)62-3)34-52(66-40-47-28-16-8-17-29-47)56(71-60)43-64-38-45-24-12-6-13-25-45/h4-20,22-31,33,49-58H,1,21,32,34-43H2,2-3H3/b33-20-/t49-,50-,51+,52+,53-,54+,55+,56-,57-,58?,60+/m1/s1. The van der Waals surface area contributed by atoms with Gasteiger partial charge in [-0.25, -0.2) is 0 Å². The average molecular weight is 967 g/mol. The van der Waals surface area contributed by atoms with Crippen LogP contribution in [0, 0.1) is 0 Å². The number of carbonyl (C=O) groups is 1. The third-order valence-electron chi connectivity index (χ3n) is 13.6. The molecule has 2 saturated heterocycles. The lowest BCUT2D eigenvalue weighted by Gasteiger charge is -2.50. The van der Waals surface area contributed by atoms with Crippen molar-refractivity contribution in [2.24, 2.45) is 0 Å². The minimum absolute atomic E-state index is 0.0624. The summed E-state index contributed by atoms with van der Waals surface area (Å²) in [7, 11) is 1.39. The highest BCUT2D eigenvalue weighted by atomic mass is 16.6. The van der Waals surface area contributed by atoms with Crippen LogP contribution in [0.3, 0.4) is 0 Å². The summed E-state index contributed by atoms with van der Waals surface area (Å²) in [5.74, 6) is -0.420. The number of fused-ring (bicyclic) bond motifs is 1. The number of hydrogen-bond acceptors (Lipinski definition) is 11. The first-order chi connectivity index (χ1) is 34.9. The minimum atomic E-state index is -1.03. The molecule has 0 radical (unpaired) electrons. The first-order valence-corrected chi connectivity index (χ1v) is 25.0. The molecule has 2 fully saturated rings. The first kappa shape index (κ1) is 52.0. The molecule has 11 atom stereocenters. The fourth-order valence-corrected chi connectivity index (χ4v) is 9.65. The summed E-state index contributed by atoms with van der Waals surface area (Å²) in [6, 6.07) is 50.5. The Morgan fingerprint density at radius 2 is 1.08 bits per heavy atom. The SMILES string of the molecule is C=CC[C@H]1O[C@@H](COCc2ccccc2)[C@H](OCc2ccccc2)C/C=C\[C@@H]1O[C@@H]1C[C@@H](OCc2ccccc2)[C@]2(C)O[C@H](COCc3ccccc3)[C@@H](OCc3ccccc3)CC2O[C@H]1CC(=O)OC. The van der Waals surface area contributed by atoms with Crippen LogP contribution in [0.15, 0.2) is 176 Å². The van der Waals surface area contributed by atoms with Gasteiger partial charge in [0.05, 0.1) is 103 Å². The predicted molar refractivity (Wildman–Crippen MR) is 271 cm³/mol. The van der Waals surface area contributed by atoms with E-state index in [1.165, 1.54) is 7.11 Å². The van der Waals surface area contributed by atoms with E-state index in [1.807, 2.05) is 152 Å². The topological polar surface area (TPSA) is 109 Å². The second-order valence-corrected chi connectivity index (χ2v) is 18.8. The average Bonchev–Trinajstić information content (AvgIpc) is 3.50. The lowest BCUT2D eigenvalue weighted by Crippen LogP contribution is -2.62. The van der Waals surface area contributed by atoms with Crippen molar-refractivity contribution in [1.82, 2.24) is 0 Å². The van der Waals surface area contributed by atoms with Gasteiger partial charge in [-0.1, -0.05) is 170 Å². The van der Waals surface area contributed by atoms with Crippen LogP contribution in [0.5, 0.6) is 0 Å². The lowest BCUT2D eigenvalue weighted by atomic mass is 9.82. The second-order valence-electron chi connectivity index (χ2n) is 18.8. The number of rotatable bonds is 23. The second kappa shape index (κ2) is 26.9. The van der Waals surface area contributed by atoms with Crippen LogP contribution in [0.4, 0.5) is 0 Å². The molecule has 0 amide bonds. The molecule has 3 aliphatic heterocycles. The molecule has 0 N–H and O–H groups in total. The molecule has 1 unspecified atom stereocenters. The van der Waals surface area contributed by atoms with Crippen LogP contribution in [0.1, 0.15) is 66.8 Å². The van der Waals surface area contributed by atoms with Gasteiger partial charge in [0.15, 0.2) is 0 Å². The normalized spacial score (nSPS) is 28.1. The molecule has 0 aliphatic carbocycles. The van der Waals surface area contributed by atoms with Crippen molar-refractivity contribution in [3.8, 4) is 0 Å². The summed E-state index contributed by atoms with van der Waals surface area (Å²) in [5.41, 5.74) is 4.21. The van der Waals surface area contributed by atoms with Crippen molar-refractivity contribution in [1.29, 1.82) is 0 Å². The number of carbonyl (C=O) groups excluding carboxylic acids is 1. The van der Waals surface area contributed by atoms with Crippen molar-refractivity contribution in [3.63, 3.8) is 0 Å². The number of methoxy groups -OCH3 is 1. The van der Waals surface area contributed by atoms with Crippen molar-refractivity contribution < 1.29 is 52.2 Å². The fourth-order valence-electron chi connectivity index (χ4n) is 9.65. The van der Waals surface area contributed by atoms with Crippen LogP contribution in [0.2, 0.25) is 0 Å². The third-order valence-corrected chi connectivity index (χ3v) is 13.6. The van der Waals surface area contributed by atoms with Crippen LogP contribution in [0.25, 0.3) is 0 Å². The molecular weight excluding hydrogens is 897 g/mol. The Bertz CT molecular complexity index is 2340. The van der Waals surface area contributed by atoms with Crippen LogP contribution < -0.4 is 0 Å². The molecule has 5 aromatic rings. The first-order valence-electron chi connectivity index (χ1n) is 25.0. The Hall–Kier alpha value is -5.31. The maximum absolute atomic E-state index is 13.4. The van der Waals surface area contributed by atoms with Crippen molar-refractivity contribution in [3.05, 3.63) is 204 Å². The largest absolute Gasteiger partial charge is 0.469 e. The van der Waals surface area contributed by atoms with E-state index >= 15 is 0 Å². The minimum Gasteiger partial charge on any atom is -0.469 e. The fraction of sp³-hybridized carbons (Fsp3) is 0.417. The Morgan fingerprint density at radius 1 is 0.592 bits per heavy atom. The van der Waals surface area contributed by atoms with E-state index in [0.29, 0.717) is 58.7 Å². The third kappa shape index (κ3) is 15.1. The van der Waals surface area contributed by atoms with Gasteiger partial charge < -0.3 is 47.4 Å². The molecule has 8 rings (SSSR count). The van der Waals surface area contributed by atoms with Crippen molar-refractivity contribution in [2.75, 3.05) is 20.3 Å². The van der Waals surface area contributed by atoms with Gasteiger partial charge in [-0.05, 0) is 47.6 Å². The molecule has 11 nitrogen and oxygen atoms in total. The zero-order valence-corrected chi connectivity index (χ0v) is 41.1. The highest BCUT2D eigenvalue weighted by Gasteiger charge is 2.57. The van der Waals surface area contributed by atoms with Gasteiger partial charge in [0.25, 0.3) is 0 Å².